The minimum absolute atomic E-state index is 0.136. The SMILES string of the molecule is CNC(C)C1(Cc2ccc(Cl)cc2[N+](=O)[O-])CC1. The Morgan fingerprint density at radius 1 is 1.56 bits per heavy atom. The van der Waals surface area contributed by atoms with Crippen molar-refractivity contribution in [3.63, 3.8) is 0 Å². The van der Waals surface area contributed by atoms with Gasteiger partial charge in [0.15, 0.2) is 0 Å². The lowest BCUT2D eigenvalue weighted by atomic mass is 9.89. The molecule has 2 rings (SSSR count). The van der Waals surface area contributed by atoms with Crippen molar-refractivity contribution >= 4 is 17.3 Å². The number of nitro benzene ring substituents is 1. The molecule has 1 aliphatic rings. The molecule has 0 aliphatic heterocycles. The van der Waals surface area contributed by atoms with E-state index >= 15 is 0 Å². The van der Waals surface area contributed by atoms with Gasteiger partial charge in [0, 0.05) is 22.7 Å². The van der Waals surface area contributed by atoms with E-state index in [4.69, 9.17) is 11.6 Å². The normalized spacial score (nSPS) is 18.4. The van der Waals surface area contributed by atoms with Crippen molar-refractivity contribution in [2.75, 3.05) is 7.05 Å². The summed E-state index contributed by atoms with van der Waals surface area (Å²) >= 11 is 5.82. The molecule has 1 aromatic rings. The topological polar surface area (TPSA) is 55.2 Å². The summed E-state index contributed by atoms with van der Waals surface area (Å²) in [5.74, 6) is 0. The van der Waals surface area contributed by atoms with Crippen LogP contribution in [-0.4, -0.2) is 18.0 Å². The molecule has 1 N–H and O–H groups in total. The van der Waals surface area contributed by atoms with Crippen LogP contribution < -0.4 is 5.32 Å². The Morgan fingerprint density at radius 3 is 2.72 bits per heavy atom. The largest absolute Gasteiger partial charge is 0.317 e. The van der Waals surface area contributed by atoms with E-state index in [1.807, 2.05) is 7.05 Å². The van der Waals surface area contributed by atoms with Crippen LogP contribution in [0.3, 0.4) is 0 Å². The fraction of sp³-hybridized carbons (Fsp3) is 0.538. The minimum atomic E-state index is -0.346. The third kappa shape index (κ3) is 2.49. The molecule has 0 radical (unpaired) electrons. The van der Waals surface area contributed by atoms with Gasteiger partial charge in [0.1, 0.15) is 0 Å². The van der Waals surface area contributed by atoms with Crippen LogP contribution in [0.5, 0.6) is 0 Å². The van der Waals surface area contributed by atoms with Gasteiger partial charge in [-0.15, -0.1) is 0 Å². The minimum Gasteiger partial charge on any atom is -0.317 e. The van der Waals surface area contributed by atoms with Crippen LogP contribution in [0.2, 0.25) is 5.02 Å². The first kappa shape index (κ1) is 13.3. The van der Waals surface area contributed by atoms with Crippen LogP contribution >= 0.6 is 11.6 Å². The molecular formula is C13H17ClN2O2. The Balaban J connectivity index is 2.27. The van der Waals surface area contributed by atoms with Gasteiger partial charge >= 0.3 is 0 Å². The summed E-state index contributed by atoms with van der Waals surface area (Å²) < 4.78 is 0. The zero-order valence-electron chi connectivity index (χ0n) is 10.6. The van der Waals surface area contributed by atoms with Crippen molar-refractivity contribution in [1.29, 1.82) is 0 Å². The summed E-state index contributed by atoms with van der Waals surface area (Å²) in [6, 6.07) is 5.32. The molecule has 98 valence electrons. The molecule has 1 unspecified atom stereocenters. The Labute approximate surface area is 111 Å². The van der Waals surface area contributed by atoms with Crippen LogP contribution in [0.1, 0.15) is 25.3 Å². The number of hydrogen-bond donors (Lipinski definition) is 1. The van der Waals surface area contributed by atoms with Crippen LogP contribution in [0, 0.1) is 15.5 Å². The molecule has 1 saturated carbocycles. The summed E-state index contributed by atoms with van der Waals surface area (Å²) in [4.78, 5) is 10.7. The predicted molar refractivity (Wildman–Crippen MR) is 72.0 cm³/mol. The molecular weight excluding hydrogens is 252 g/mol. The van der Waals surface area contributed by atoms with Gasteiger partial charge in [-0.2, -0.15) is 0 Å². The van der Waals surface area contributed by atoms with E-state index in [1.54, 1.807) is 12.1 Å². The maximum Gasteiger partial charge on any atom is 0.274 e. The van der Waals surface area contributed by atoms with E-state index in [0.717, 1.165) is 24.8 Å². The lowest BCUT2D eigenvalue weighted by molar-refractivity contribution is -0.385. The van der Waals surface area contributed by atoms with Gasteiger partial charge in [0.2, 0.25) is 0 Å². The highest BCUT2D eigenvalue weighted by molar-refractivity contribution is 6.30. The fourth-order valence-electron chi connectivity index (χ4n) is 2.47. The number of halogens is 1. The molecule has 1 atom stereocenters. The second-order valence-corrected chi connectivity index (χ2v) is 5.52. The molecule has 0 spiro atoms. The molecule has 5 heteroatoms. The number of nitrogens with zero attached hydrogens (tertiary/aromatic N) is 1. The Kier molecular flexibility index (Phi) is 3.59. The lowest BCUT2D eigenvalue weighted by Crippen LogP contribution is -2.33. The molecule has 0 amide bonds. The van der Waals surface area contributed by atoms with Crippen LogP contribution in [0.25, 0.3) is 0 Å². The molecule has 18 heavy (non-hydrogen) atoms. The Bertz CT molecular complexity index is 472. The van der Waals surface area contributed by atoms with E-state index in [-0.39, 0.29) is 16.0 Å². The van der Waals surface area contributed by atoms with E-state index in [0.29, 0.717) is 11.1 Å². The van der Waals surface area contributed by atoms with E-state index < -0.39 is 0 Å². The zero-order valence-corrected chi connectivity index (χ0v) is 11.3. The smallest absolute Gasteiger partial charge is 0.274 e. The van der Waals surface area contributed by atoms with Gasteiger partial charge in [-0.3, -0.25) is 10.1 Å². The molecule has 0 bridgehead atoms. The lowest BCUT2D eigenvalue weighted by Gasteiger charge is -2.22. The molecule has 1 aromatic carbocycles. The quantitative estimate of drug-likeness (QED) is 0.659. The van der Waals surface area contributed by atoms with Crippen molar-refractivity contribution in [3.05, 3.63) is 38.9 Å². The van der Waals surface area contributed by atoms with E-state index in [2.05, 4.69) is 12.2 Å². The molecule has 0 saturated heterocycles. The first-order chi connectivity index (χ1) is 8.48. The third-order valence-electron chi connectivity index (χ3n) is 4.03. The van der Waals surface area contributed by atoms with Gasteiger partial charge in [-0.1, -0.05) is 17.7 Å². The fourth-order valence-corrected chi connectivity index (χ4v) is 2.63. The molecule has 1 fully saturated rings. The van der Waals surface area contributed by atoms with Crippen LogP contribution in [0.4, 0.5) is 5.69 Å². The van der Waals surface area contributed by atoms with Crippen molar-refractivity contribution in [2.45, 2.75) is 32.2 Å². The second kappa shape index (κ2) is 4.86. The number of hydrogen-bond acceptors (Lipinski definition) is 3. The predicted octanol–water partition coefficient (Wildman–Crippen LogP) is 3.18. The number of rotatable bonds is 5. The Morgan fingerprint density at radius 2 is 2.22 bits per heavy atom. The van der Waals surface area contributed by atoms with Gasteiger partial charge in [-0.25, -0.2) is 0 Å². The monoisotopic (exact) mass is 268 g/mol. The summed E-state index contributed by atoms with van der Waals surface area (Å²) in [5.41, 5.74) is 1.09. The average molecular weight is 269 g/mol. The number of benzene rings is 1. The highest BCUT2D eigenvalue weighted by Crippen LogP contribution is 2.52. The van der Waals surface area contributed by atoms with Gasteiger partial charge in [-0.05, 0) is 44.7 Å². The standard InChI is InChI=1S/C13H17ClN2O2/c1-9(15-2)13(5-6-13)8-10-3-4-11(14)7-12(10)16(17)18/h3-4,7,9,15H,5-6,8H2,1-2H3. The Hall–Kier alpha value is -1.13. The van der Waals surface area contributed by atoms with Crippen LogP contribution in [0.15, 0.2) is 18.2 Å². The van der Waals surface area contributed by atoms with Crippen molar-refractivity contribution in [2.24, 2.45) is 5.41 Å². The maximum absolute atomic E-state index is 11.1. The van der Waals surface area contributed by atoms with Gasteiger partial charge in [0.25, 0.3) is 5.69 Å². The second-order valence-electron chi connectivity index (χ2n) is 5.08. The molecule has 0 aromatic heterocycles. The molecule has 4 nitrogen and oxygen atoms in total. The van der Waals surface area contributed by atoms with E-state index in [1.165, 1.54) is 6.07 Å². The van der Waals surface area contributed by atoms with Gasteiger partial charge in [0.05, 0.1) is 4.92 Å². The highest BCUT2D eigenvalue weighted by atomic mass is 35.5. The first-order valence-electron chi connectivity index (χ1n) is 6.08. The van der Waals surface area contributed by atoms with E-state index in [9.17, 15) is 10.1 Å². The molecule has 1 aliphatic carbocycles. The zero-order chi connectivity index (χ0) is 13.3. The highest BCUT2D eigenvalue weighted by Gasteiger charge is 2.47. The number of nitro groups is 1. The number of nitrogens with one attached hydrogen (secondary N) is 1. The van der Waals surface area contributed by atoms with Gasteiger partial charge < -0.3 is 5.32 Å². The summed E-state index contributed by atoms with van der Waals surface area (Å²) in [6.07, 6.45) is 2.98. The summed E-state index contributed by atoms with van der Waals surface area (Å²) in [7, 11) is 1.93. The van der Waals surface area contributed by atoms with Crippen LogP contribution in [-0.2, 0) is 6.42 Å². The van der Waals surface area contributed by atoms with Crippen molar-refractivity contribution < 1.29 is 4.92 Å². The van der Waals surface area contributed by atoms with Crippen molar-refractivity contribution in [1.82, 2.24) is 5.32 Å². The average Bonchev–Trinajstić information content (AvgIpc) is 3.11. The maximum atomic E-state index is 11.1. The summed E-state index contributed by atoms with van der Waals surface area (Å²) in [5, 5.41) is 14.7. The molecule has 0 heterocycles. The first-order valence-corrected chi connectivity index (χ1v) is 6.46. The third-order valence-corrected chi connectivity index (χ3v) is 4.27. The summed E-state index contributed by atoms with van der Waals surface area (Å²) in [6.45, 7) is 2.13. The van der Waals surface area contributed by atoms with Crippen molar-refractivity contribution in [3.8, 4) is 0 Å².